The van der Waals surface area contributed by atoms with E-state index in [2.05, 4.69) is 17.4 Å². The van der Waals surface area contributed by atoms with Crippen LogP contribution in [0.5, 0.6) is 0 Å². The number of rotatable bonds is 2. The summed E-state index contributed by atoms with van der Waals surface area (Å²) in [5, 5.41) is 0. The van der Waals surface area contributed by atoms with Gasteiger partial charge in [-0.25, -0.2) is 0 Å². The maximum atomic E-state index is 3.84. The van der Waals surface area contributed by atoms with Crippen LogP contribution < -0.4 is 0 Å². The van der Waals surface area contributed by atoms with Gasteiger partial charge in [-0.3, -0.25) is 0 Å². The fourth-order valence-electron chi connectivity index (χ4n) is 1.06. The van der Waals surface area contributed by atoms with E-state index < -0.39 is 0 Å². The molecular formula is C10H8N2Pd. The summed E-state index contributed by atoms with van der Waals surface area (Å²) in [5.74, 6) is 0. The number of nitrogens with zero attached hydrogens (tertiary/aromatic N) is 2. The number of aromatic nitrogens is 2. The summed E-state index contributed by atoms with van der Waals surface area (Å²) in [7, 11) is 0. The van der Waals surface area contributed by atoms with E-state index in [9.17, 15) is 0 Å². The van der Waals surface area contributed by atoms with Crippen LogP contribution in [-0.4, -0.2) is 9.55 Å². The van der Waals surface area contributed by atoms with Crippen LogP contribution in [0, 0.1) is 12.4 Å². The monoisotopic (exact) mass is 262 g/mol. The van der Waals surface area contributed by atoms with Crippen LogP contribution in [-0.2, 0) is 27.0 Å². The Hall–Kier alpha value is -0.908. The minimum absolute atomic E-state index is 0. The van der Waals surface area contributed by atoms with Gasteiger partial charge < -0.3 is 9.55 Å². The molecule has 0 aliphatic carbocycles. The summed E-state index contributed by atoms with van der Waals surface area (Å²) in [6.07, 6.45) is 6.45. The average Bonchev–Trinajstić information content (AvgIpc) is 2.59. The van der Waals surface area contributed by atoms with E-state index >= 15 is 0 Å². The second-order valence-electron chi connectivity index (χ2n) is 2.54. The minimum Gasteiger partial charge on any atom is -0.452 e. The van der Waals surface area contributed by atoms with Gasteiger partial charge in [0.2, 0.25) is 0 Å². The molecule has 2 aromatic rings. The standard InChI is InChI=1S/C10H8N2.Pd/c1-2-4-10(5-3-1)8-12-7-6-11-9-12;/h1-4,6-7H,8H2;/q-2;+2. The first kappa shape index (κ1) is 10.2. The molecule has 0 saturated heterocycles. The van der Waals surface area contributed by atoms with Gasteiger partial charge in [0, 0.05) is 12.9 Å². The Morgan fingerprint density at radius 2 is 2.31 bits per heavy atom. The SMILES string of the molecule is [Pd+2].[c-]1ccccc1Cn1[c-]ncc1. The molecule has 0 amide bonds. The van der Waals surface area contributed by atoms with Crippen molar-refractivity contribution in [2.24, 2.45) is 0 Å². The quantitative estimate of drug-likeness (QED) is 0.593. The van der Waals surface area contributed by atoms with Crippen molar-refractivity contribution in [1.82, 2.24) is 9.55 Å². The molecule has 0 spiro atoms. The molecule has 0 unspecified atom stereocenters. The Balaban J connectivity index is 0.000000845. The largest absolute Gasteiger partial charge is 2.00 e. The minimum atomic E-state index is 0. The normalized spacial score (nSPS) is 9.23. The number of benzene rings is 1. The fourth-order valence-corrected chi connectivity index (χ4v) is 1.06. The van der Waals surface area contributed by atoms with E-state index in [1.807, 2.05) is 35.0 Å². The zero-order valence-electron chi connectivity index (χ0n) is 6.88. The van der Waals surface area contributed by atoms with Crippen molar-refractivity contribution in [3.63, 3.8) is 0 Å². The van der Waals surface area contributed by atoms with Crippen molar-refractivity contribution < 1.29 is 20.4 Å². The van der Waals surface area contributed by atoms with E-state index in [0.717, 1.165) is 12.1 Å². The molecule has 0 saturated carbocycles. The van der Waals surface area contributed by atoms with Gasteiger partial charge >= 0.3 is 20.4 Å². The summed E-state index contributed by atoms with van der Waals surface area (Å²) >= 11 is 0. The second-order valence-corrected chi connectivity index (χ2v) is 2.54. The first-order chi connectivity index (χ1) is 5.95. The van der Waals surface area contributed by atoms with E-state index in [1.54, 1.807) is 6.20 Å². The topological polar surface area (TPSA) is 17.8 Å². The zero-order chi connectivity index (χ0) is 8.23. The molecule has 0 bridgehead atoms. The summed E-state index contributed by atoms with van der Waals surface area (Å²) in [6, 6.07) is 11.0. The van der Waals surface area contributed by atoms with Crippen LogP contribution in [0.15, 0.2) is 36.7 Å². The molecule has 2 rings (SSSR count). The number of hydrogen-bond donors (Lipinski definition) is 0. The first-order valence-electron chi connectivity index (χ1n) is 3.79. The number of imidazole rings is 1. The summed E-state index contributed by atoms with van der Waals surface area (Å²) < 4.78 is 1.89. The van der Waals surface area contributed by atoms with Gasteiger partial charge in [-0.2, -0.15) is 30.3 Å². The van der Waals surface area contributed by atoms with Crippen LogP contribution >= 0.6 is 0 Å². The van der Waals surface area contributed by atoms with Crippen molar-refractivity contribution in [1.29, 1.82) is 0 Å². The Morgan fingerprint density at radius 1 is 1.38 bits per heavy atom. The van der Waals surface area contributed by atoms with Crippen LogP contribution in [0.4, 0.5) is 0 Å². The predicted molar refractivity (Wildman–Crippen MR) is 45.4 cm³/mol. The van der Waals surface area contributed by atoms with Crippen LogP contribution in [0.1, 0.15) is 5.56 Å². The maximum Gasteiger partial charge on any atom is 2.00 e. The second kappa shape index (κ2) is 4.96. The summed E-state index contributed by atoms with van der Waals surface area (Å²) in [5.41, 5.74) is 1.15. The molecule has 1 heterocycles. The van der Waals surface area contributed by atoms with Gasteiger partial charge in [0.25, 0.3) is 0 Å². The molecule has 2 nitrogen and oxygen atoms in total. The van der Waals surface area contributed by atoms with Gasteiger partial charge in [-0.1, -0.05) is 0 Å². The average molecular weight is 263 g/mol. The van der Waals surface area contributed by atoms with Crippen LogP contribution in [0.2, 0.25) is 0 Å². The van der Waals surface area contributed by atoms with Crippen molar-refractivity contribution in [3.8, 4) is 0 Å². The van der Waals surface area contributed by atoms with E-state index in [1.165, 1.54) is 0 Å². The molecule has 13 heavy (non-hydrogen) atoms. The third-order valence-corrected chi connectivity index (χ3v) is 1.62. The molecule has 0 aliphatic heterocycles. The fraction of sp³-hybridized carbons (Fsp3) is 0.100. The Labute approximate surface area is 91.3 Å². The first-order valence-corrected chi connectivity index (χ1v) is 3.79. The van der Waals surface area contributed by atoms with Crippen molar-refractivity contribution in [2.75, 3.05) is 0 Å². The Kier molecular flexibility index (Phi) is 3.88. The Morgan fingerprint density at radius 3 is 2.92 bits per heavy atom. The van der Waals surface area contributed by atoms with Gasteiger partial charge in [-0.05, 0) is 0 Å². The summed E-state index contributed by atoms with van der Waals surface area (Å²) in [4.78, 5) is 3.84. The van der Waals surface area contributed by atoms with Gasteiger partial charge in [-0.15, -0.1) is 18.0 Å². The third kappa shape index (κ3) is 2.80. The predicted octanol–water partition coefficient (Wildman–Crippen LogP) is 1.53. The van der Waals surface area contributed by atoms with Gasteiger partial charge in [0.1, 0.15) is 0 Å². The Bertz CT molecular complexity index is 329. The smallest absolute Gasteiger partial charge is 0.452 e. The molecule has 0 radical (unpaired) electrons. The van der Waals surface area contributed by atoms with Crippen molar-refractivity contribution in [2.45, 2.75) is 6.54 Å². The van der Waals surface area contributed by atoms with Gasteiger partial charge in [0.05, 0.1) is 0 Å². The van der Waals surface area contributed by atoms with E-state index in [-0.39, 0.29) is 20.4 Å². The molecule has 0 atom stereocenters. The molecule has 1 aromatic carbocycles. The maximum absolute atomic E-state index is 3.84. The molecule has 0 fully saturated rings. The molecule has 3 heteroatoms. The zero-order valence-corrected chi connectivity index (χ0v) is 8.44. The third-order valence-electron chi connectivity index (χ3n) is 1.62. The summed E-state index contributed by atoms with van der Waals surface area (Å²) in [6.45, 7) is 0.792. The molecule has 1 aromatic heterocycles. The van der Waals surface area contributed by atoms with Gasteiger partial charge in [0.15, 0.2) is 0 Å². The van der Waals surface area contributed by atoms with Crippen molar-refractivity contribution in [3.05, 3.63) is 54.6 Å². The van der Waals surface area contributed by atoms with E-state index in [4.69, 9.17) is 0 Å². The molecular weight excluding hydrogens is 255 g/mol. The number of hydrogen-bond acceptors (Lipinski definition) is 1. The van der Waals surface area contributed by atoms with Crippen LogP contribution in [0.3, 0.4) is 0 Å². The van der Waals surface area contributed by atoms with Crippen molar-refractivity contribution >= 4 is 0 Å². The van der Waals surface area contributed by atoms with Crippen LogP contribution in [0.25, 0.3) is 0 Å². The molecule has 0 N–H and O–H groups in total. The molecule has 68 valence electrons. The molecule has 0 aliphatic rings. The van der Waals surface area contributed by atoms with E-state index in [0.29, 0.717) is 0 Å².